The highest BCUT2D eigenvalue weighted by molar-refractivity contribution is 8.00. The summed E-state index contributed by atoms with van der Waals surface area (Å²) in [6.07, 6.45) is 0.274. The van der Waals surface area contributed by atoms with E-state index in [4.69, 9.17) is 9.47 Å². The van der Waals surface area contributed by atoms with Gasteiger partial charge in [0.1, 0.15) is 0 Å². The summed E-state index contributed by atoms with van der Waals surface area (Å²) >= 11 is 1.39. The Bertz CT molecular complexity index is 968. The number of ether oxygens (including phenoxy) is 2. The van der Waals surface area contributed by atoms with Gasteiger partial charge in [0.2, 0.25) is 18.6 Å². The quantitative estimate of drug-likeness (QED) is 0.549. The van der Waals surface area contributed by atoms with Crippen molar-refractivity contribution in [1.29, 1.82) is 0 Å². The van der Waals surface area contributed by atoms with Crippen LogP contribution in [-0.4, -0.2) is 72.0 Å². The van der Waals surface area contributed by atoms with Crippen LogP contribution in [0.1, 0.15) is 32.8 Å². The SMILES string of the molecule is CN1C(=O)C2C(SCC(=O)NCc3ccc4c(c3)OCO4)NC(CC(C)(C)C)NC2N(C)C1=O. The fourth-order valence-electron chi connectivity index (χ4n) is 4.47. The summed E-state index contributed by atoms with van der Waals surface area (Å²) in [5.74, 6) is 0.675. The maximum atomic E-state index is 13.0. The second kappa shape index (κ2) is 9.63. The van der Waals surface area contributed by atoms with E-state index < -0.39 is 12.1 Å². The van der Waals surface area contributed by atoms with Crippen LogP contribution in [-0.2, 0) is 16.1 Å². The number of hydrogen-bond donors (Lipinski definition) is 3. The second-order valence-electron chi connectivity index (χ2n) is 10.1. The molecule has 3 aliphatic heterocycles. The number of nitrogens with one attached hydrogen (secondary N) is 3. The number of benzene rings is 1. The van der Waals surface area contributed by atoms with E-state index in [-0.39, 0.29) is 47.3 Å². The first-order valence-electron chi connectivity index (χ1n) is 11.4. The highest BCUT2D eigenvalue weighted by Crippen LogP contribution is 2.34. The Kier molecular flexibility index (Phi) is 6.97. The number of thioether (sulfide) groups is 1. The van der Waals surface area contributed by atoms with Crippen molar-refractivity contribution < 1.29 is 23.9 Å². The van der Waals surface area contributed by atoms with Crippen molar-refractivity contribution in [3.05, 3.63) is 23.8 Å². The first-order valence-corrected chi connectivity index (χ1v) is 12.4. The molecule has 0 bridgehead atoms. The van der Waals surface area contributed by atoms with Gasteiger partial charge in [-0.05, 0) is 29.5 Å². The summed E-state index contributed by atoms with van der Waals surface area (Å²) < 4.78 is 10.7. The molecule has 0 spiro atoms. The number of amides is 4. The van der Waals surface area contributed by atoms with Crippen LogP contribution in [0.4, 0.5) is 4.79 Å². The molecule has 0 aromatic heterocycles. The topological polar surface area (TPSA) is 112 Å². The number of carbonyl (C=O) groups excluding carboxylic acids is 3. The largest absolute Gasteiger partial charge is 0.454 e. The molecule has 2 fully saturated rings. The van der Waals surface area contributed by atoms with Gasteiger partial charge in [-0.1, -0.05) is 26.8 Å². The molecule has 3 heterocycles. The Hall–Kier alpha value is -2.50. The first kappa shape index (κ1) is 24.6. The van der Waals surface area contributed by atoms with E-state index in [0.29, 0.717) is 18.0 Å². The van der Waals surface area contributed by atoms with Gasteiger partial charge in [0.25, 0.3) is 0 Å². The molecule has 0 saturated carbocycles. The van der Waals surface area contributed by atoms with Crippen LogP contribution in [0.25, 0.3) is 0 Å². The van der Waals surface area contributed by atoms with Crippen LogP contribution in [0.3, 0.4) is 0 Å². The predicted molar refractivity (Wildman–Crippen MR) is 128 cm³/mol. The molecule has 34 heavy (non-hydrogen) atoms. The molecule has 11 heteroatoms. The van der Waals surface area contributed by atoms with Crippen LogP contribution < -0.4 is 25.4 Å². The van der Waals surface area contributed by atoms with Gasteiger partial charge < -0.3 is 19.7 Å². The minimum atomic E-state index is -0.504. The summed E-state index contributed by atoms with van der Waals surface area (Å²) in [6.45, 7) is 7.00. The number of rotatable bonds is 6. The van der Waals surface area contributed by atoms with Gasteiger partial charge in [-0.25, -0.2) is 4.79 Å². The zero-order valence-electron chi connectivity index (χ0n) is 20.2. The molecule has 4 amide bonds. The molecule has 0 aliphatic carbocycles. The Morgan fingerprint density at radius 3 is 2.65 bits per heavy atom. The molecule has 0 radical (unpaired) electrons. The maximum absolute atomic E-state index is 13.0. The molecule has 4 atom stereocenters. The Morgan fingerprint density at radius 1 is 1.18 bits per heavy atom. The minimum absolute atomic E-state index is 0.0345. The van der Waals surface area contributed by atoms with Crippen molar-refractivity contribution in [2.75, 3.05) is 26.6 Å². The molecule has 3 N–H and O–H groups in total. The Morgan fingerprint density at radius 2 is 1.91 bits per heavy atom. The molecule has 3 aliphatic rings. The van der Waals surface area contributed by atoms with Crippen molar-refractivity contribution in [3.63, 3.8) is 0 Å². The lowest BCUT2D eigenvalue weighted by molar-refractivity contribution is -0.140. The lowest BCUT2D eigenvalue weighted by Crippen LogP contribution is -2.74. The molecular weight excluding hydrogens is 458 g/mol. The monoisotopic (exact) mass is 491 g/mol. The van der Waals surface area contributed by atoms with Gasteiger partial charge in [-0.2, -0.15) is 0 Å². The van der Waals surface area contributed by atoms with E-state index in [0.717, 1.165) is 16.9 Å². The second-order valence-corrected chi connectivity index (χ2v) is 11.2. The molecular formula is C23H33N5O5S. The van der Waals surface area contributed by atoms with E-state index in [2.05, 4.69) is 36.7 Å². The van der Waals surface area contributed by atoms with Crippen LogP contribution in [0, 0.1) is 11.3 Å². The summed E-state index contributed by atoms with van der Waals surface area (Å²) in [5, 5.41) is 9.56. The van der Waals surface area contributed by atoms with Crippen LogP contribution in [0.15, 0.2) is 18.2 Å². The Balaban J connectivity index is 1.40. The third-order valence-corrected chi connectivity index (χ3v) is 7.38. The maximum Gasteiger partial charge on any atom is 0.327 e. The normalized spacial score (nSPS) is 26.5. The molecule has 186 valence electrons. The highest BCUT2D eigenvalue weighted by Gasteiger charge is 2.51. The molecule has 4 unspecified atom stereocenters. The fourth-order valence-corrected chi connectivity index (χ4v) is 5.63. The van der Waals surface area contributed by atoms with E-state index in [1.54, 1.807) is 11.9 Å². The average Bonchev–Trinajstić information content (AvgIpc) is 3.25. The van der Waals surface area contributed by atoms with Gasteiger partial charge in [0.05, 0.1) is 29.4 Å². The van der Waals surface area contributed by atoms with Crippen molar-refractivity contribution in [2.24, 2.45) is 11.3 Å². The summed E-state index contributed by atoms with van der Waals surface area (Å²) in [4.78, 5) is 40.9. The van der Waals surface area contributed by atoms with Gasteiger partial charge in [0.15, 0.2) is 11.5 Å². The number of nitrogens with zero attached hydrogens (tertiary/aromatic N) is 2. The number of urea groups is 1. The highest BCUT2D eigenvalue weighted by atomic mass is 32.2. The van der Waals surface area contributed by atoms with E-state index in [9.17, 15) is 14.4 Å². The standard InChI is InChI=1S/C23H33N5O5S/c1-23(2,3)9-16-25-19-18(21(30)28(5)22(31)27(19)4)20(26-16)34-11-17(29)24-10-13-6-7-14-15(8-13)33-12-32-14/h6-8,16,18-20,25-26H,9-12H2,1-5H3,(H,24,29). The molecule has 4 rings (SSSR count). The number of hydrogen-bond acceptors (Lipinski definition) is 8. The fraction of sp³-hybridized carbons (Fsp3) is 0.609. The smallest absolute Gasteiger partial charge is 0.327 e. The third-order valence-electron chi connectivity index (χ3n) is 6.16. The number of carbonyl (C=O) groups is 3. The van der Waals surface area contributed by atoms with Gasteiger partial charge >= 0.3 is 6.03 Å². The molecule has 1 aromatic carbocycles. The lowest BCUT2D eigenvalue weighted by Gasteiger charge is -2.51. The van der Waals surface area contributed by atoms with Crippen LogP contribution in [0.2, 0.25) is 0 Å². The van der Waals surface area contributed by atoms with E-state index >= 15 is 0 Å². The molecule has 1 aromatic rings. The van der Waals surface area contributed by atoms with Crippen molar-refractivity contribution in [2.45, 2.75) is 51.4 Å². The minimum Gasteiger partial charge on any atom is -0.454 e. The van der Waals surface area contributed by atoms with Crippen molar-refractivity contribution >= 4 is 29.6 Å². The summed E-state index contributed by atoms with van der Waals surface area (Å²) in [7, 11) is 3.20. The van der Waals surface area contributed by atoms with Crippen molar-refractivity contribution in [3.8, 4) is 11.5 Å². The predicted octanol–water partition coefficient (Wildman–Crippen LogP) is 1.51. The average molecular weight is 492 g/mol. The lowest BCUT2D eigenvalue weighted by atomic mass is 9.88. The van der Waals surface area contributed by atoms with Gasteiger partial charge in [-0.3, -0.25) is 25.1 Å². The van der Waals surface area contributed by atoms with Gasteiger partial charge in [0, 0.05) is 20.6 Å². The van der Waals surface area contributed by atoms with Crippen molar-refractivity contribution in [1.82, 2.24) is 25.8 Å². The number of fused-ring (bicyclic) bond motifs is 2. The van der Waals surface area contributed by atoms with E-state index in [1.807, 2.05) is 18.2 Å². The van der Waals surface area contributed by atoms with E-state index in [1.165, 1.54) is 18.8 Å². The van der Waals surface area contributed by atoms with Crippen LogP contribution >= 0.6 is 11.8 Å². The number of imide groups is 1. The van der Waals surface area contributed by atoms with Crippen LogP contribution in [0.5, 0.6) is 11.5 Å². The molecule has 2 saturated heterocycles. The third kappa shape index (κ3) is 5.26. The zero-order valence-corrected chi connectivity index (χ0v) is 21.0. The van der Waals surface area contributed by atoms with Gasteiger partial charge in [-0.15, -0.1) is 11.8 Å². The Labute approximate surface area is 204 Å². The summed E-state index contributed by atoms with van der Waals surface area (Å²) in [5.41, 5.74) is 0.948. The first-order chi connectivity index (χ1) is 16.0. The summed E-state index contributed by atoms with van der Waals surface area (Å²) in [6, 6.07) is 5.24. The zero-order chi connectivity index (χ0) is 24.6. The molecule has 10 nitrogen and oxygen atoms in total.